The average Bonchev–Trinajstić information content (AvgIpc) is 2.37. The molecule has 0 amide bonds. The summed E-state index contributed by atoms with van der Waals surface area (Å²) in [5, 5.41) is 0. The van der Waals surface area contributed by atoms with E-state index in [1.807, 2.05) is 0 Å². The Morgan fingerprint density at radius 3 is 2.32 bits per heavy atom. The standard InChI is InChI=1S/C16H25NO2/c1-16(2,3)13-10-8-12(9-11-13)6-5-7-14(17)15(18)19-4/h8-11,14H,5-7,17H2,1-4H3. The molecule has 0 heterocycles. The van der Waals surface area contributed by atoms with Crippen molar-refractivity contribution < 1.29 is 9.53 Å². The Kier molecular flexibility index (Phi) is 5.55. The first kappa shape index (κ1) is 15.7. The van der Waals surface area contributed by atoms with E-state index in [-0.39, 0.29) is 11.4 Å². The Morgan fingerprint density at radius 1 is 1.26 bits per heavy atom. The van der Waals surface area contributed by atoms with Crippen molar-refractivity contribution in [3.63, 3.8) is 0 Å². The van der Waals surface area contributed by atoms with Crippen LogP contribution in [0.5, 0.6) is 0 Å². The molecule has 0 aliphatic heterocycles. The van der Waals surface area contributed by atoms with Crippen LogP contribution in [0.15, 0.2) is 24.3 Å². The maximum atomic E-state index is 11.2. The maximum absolute atomic E-state index is 11.2. The second-order valence-electron chi connectivity index (χ2n) is 5.97. The molecule has 0 bridgehead atoms. The molecule has 3 heteroatoms. The number of rotatable bonds is 5. The number of methoxy groups -OCH3 is 1. The van der Waals surface area contributed by atoms with Crippen LogP contribution in [-0.4, -0.2) is 19.1 Å². The maximum Gasteiger partial charge on any atom is 0.322 e. The van der Waals surface area contributed by atoms with Crippen molar-refractivity contribution in [2.45, 2.75) is 51.5 Å². The third kappa shape index (κ3) is 5.03. The van der Waals surface area contributed by atoms with Gasteiger partial charge in [0.15, 0.2) is 0 Å². The largest absolute Gasteiger partial charge is 0.468 e. The Labute approximate surface area is 116 Å². The van der Waals surface area contributed by atoms with E-state index in [0.717, 1.165) is 12.8 Å². The van der Waals surface area contributed by atoms with E-state index in [2.05, 4.69) is 49.8 Å². The Bertz CT molecular complexity index is 404. The molecule has 19 heavy (non-hydrogen) atoms. The van der Waals surface area contributed by atoms with Crippen LogP contribution in [0, 0.1) is 0 Å². The lowest BCUT2D eigenvalue weighted by Crippen LogP contribution is -2.31. The van der Waals surface area contributed by atoms with Gasteiger partial charge in [-0.15, -0.1) is 0 Å². The van der Waals surface area contributed by atoms with E-state index in [4.69, 9.17) is 5.73 Å². The zero-order valence-corrected chi connectivity index (χ0v) is 12.4. The second-order valence-corrected chi connectivity index (χ2v) is 5.97. The SMILES string of the molecule is COC(=O)C(N)CCCc1ccc(C(C)(C)C)cc1. The van der Waals surface area contributed by atoms with Crippen LogP contribution in [0.25, 0.3) is 0 Å². The van der Waals surface area contributed by atoms with Gasteiger partial charge < -0.3 is 10.5 Å². The number of hydrogen-bond acceptors (Lipinski definition) is 3. The summed E-state index contributed by atoms with van der Waals surface area (Å²) in [7, 11) is 1.37. The minimum absolute atomic E-state index is 0.186. The molecule has 0 saturated carbocycles. The first-order valence-electron chi connectivity index (χ1n) is 6.77. The summed E-state index contributed by atoms with van der Waals surface area (Å²) in [4.78, 5) is 11.2. The monoisotopic (exact) mass is 263 g/mol. The molecule has 1 rings (SSSR count). The van der Waals surface area contributed by atoms with Crippen molar-refractivity contribution in [2.24, 2.45) is 5.73 Å². The normalized spacial score (nSPS) is 13.1. The zero-order valence-electron chi connectivity index (χ0n) is 12.4. The van der Waals surface area contributed by atoms with Crippen LogP contribution >= 0.6 is 0 Å². The summed E-state index contributed by atoms with van der Waals surface area (Å²) in [5.41, 5.74) is 8.50. The number of hydrogen-bond donors (Lipinski definition) is 1. The van der Waals surface area contributed by atoms with E-state index in [1.165, 1.54) is 18.2 Å². The zero-order chi connectivity index (χ0) is 14.5. The van der Waals surface area contributed by atoms with Gasteiger partial charge in [0.1, 0.15) is 6.04 Å². The molecule has 0 radical (unpaired) electrons. The van der Waals surface area contributed by atoms with Crippen molar-refractivity contribution >= 4 is 5.97 Å². The fourth-order valence-corrected chi connectivity index (χ4v) is 1.97. The molecule has 0 aliphatic carbocycles. The molecule has 0 fully saturated rings. The molecule has 2 N–H and O–H groups in total. The van der Waals surface area contributed by atoms with E-state index >= 15 is 0 Å². The van der Waals surface area contributed by atoms with E-state index < -0.39 is 6.04 Å². The highest BCUT2D eigenvalue weighted by atomic mass is 16.5. The van der Waals surface area contributed by atoms with Crippen molar-refractivity contribution in [1.29, 1.82) is 0 Å². The second kappa shape index (κ2) is 6.71. The highest BCUT2D eigenvalue weighted by Gasteiger charge is 2.14. The first-order chi connectivity index (χ1) is 8.84. The number of nitrogens with two attached hydrogens (primary N) is 1. The quantitative estimate of drug-likeness (QED) is 0.831. The van der Waals surface area contributed by atoms with Gasteiger partial charge in [0.25, 0.3) is 0 Å². The van der Waals surface area contributed by atoms with E-state index in [0.29, 0.717) is 6.42 Å². The number of benzene rings is 1. The lowest BCUT2D eigenvalue weighted by molar-refractivity contribution is -0.142. The molecule has 3 nitrogen and oxygen atoms in total. The molecule has 1 unspecified atom stereocenters. The predicted octanol–water partition coefficient (Wildman–Crippen LogP) is 2.81. The van der Waals surface area contributed by atoms with Gasteiger partial charge >= 0.3 is 5.97 Å². The van der Waals surface area contributed by atoms with Crippen molar-refractivity contribution in [3.05, 3.63) is 35.4 Å². The molecule has 0 spiro atoms. The summed E-state index contributed by atoms with van der Waals surface area (Å²) >= 11 is 0. The lowest BCUT2D eigenvalue weighted by Gasteiger charge is -2.19. The fraction of sp³-hybridized carbons (Fsp3) is 0.562. The molecule has 1 aromatic carbocycles. The molecular formula is C16H25NO2. The van der Waals surface area contributed by atoms with Crippen molar-refractivity contribution in [1.82, 2.24) is 0 Å². The van der Waals surface area contributed by atoms with Crippen LogP contribution in [0.1, 0.15) is 44.7 Å². The van der Waals surface area contributed by atoms with Gasteiger partial charge in [-0.25, -0.2) is 0 Å². The Morgan fingerprint density at radius 2 is 1.84 bits per heavy atom. The van der Waals surface area contributed by atoms with Gasteiger partial charge in [-0.1, -0.05) is 45.0 Å². The van der Waals surface area contributed by atoms with Gasteiger partial charge in [-0.3, -0.25) is 4.79 Å². The van der Waals surface area contributed by atoms with Gasteiger partial charge in [-0.2, -0.15) is 0 Å². The Hall–Kier alpha value is -1.35. The van der Waals surface area contributed by atoms with E-state index in [9.17, 15) is 4.79 Å². The third-order valence-electron chi connectivity index (χ3n) is 3.30. The topological polar surface area (TPSA) is 52.3 Å². The number of carbonyl (C=O) groups is 1. The predicted molar refractivity (Wildman–Crippen MR) is 78.1 cm³/mol. The number of carbonyl (C=O) groups excluding carboxylic acids is 1. The van der Waals surface area contributed by atoms with Gasteiger partial charge in [0.05, 0.1) is 7.11 Å². The molecule has 1 aromatic rings. The smallest absolute Gasteiger partial charge is 0.322 e. The van der Waals surface area contributed by atoms with Gasteiger partial charge in [0.2, 0.25) is 0 Å². The third-order valence-corrected chi connectivity index (χ3v) is 3.30. The molecule has 106 valence electrons. The summed E-state index contributed by atoms with van der Waals surface area (Å²) in [5.74, 6) is -0.330. The van der Waals surface area contributed by atoms with Crippen molar-refractivity contribution in [2.75, 3.05) is 7.11 Å². The van der Waals surface area contributed by atoms with Crippen LogP contribution in [0.3, 0.4) is 0 Å². The highest BCUT2D eigenvalue weighted by molar-refractivity contribution is 5.75. The number of aryl methyl sites for hydroxylation is 1. The van der Waals surface area contributed by atoms with Gasteiger partial charge in [-0.05, 0) is 35.8 Å². The highest BCUT2D eigenvalue weighted by Crippen LogP contribution is 2.22. The summed E-state index contributed by atoms with van der Waals surface area (Å²) in [6.07, 6.45) is 2.49. The number of ether oxygens (including phenoxy) is 1. The molecule has 0 aromatic heterocycles. The number of esters is 1. The fourth-order valence-electron chi connectivity index (χ4n) is 1.97. The van der Waals surface area contributed by atoms with E-state index in [1.54, 1.807) is 0 Å². The first-order valence-corrected chi connectivity index (χ1v) is 6.77. The molecule has 1 atom stereocenters. The lowest BCUT2D eigenvalue weighted by atomic mass is 9.86. The van der Waals surface area contributed by atoms with Crippen LogP contribution in [0.2, 0.25) is 0 Å². The van der Waals surface area contributed by atoms with Gasteiger partial charge in [0, 0.05) is 0 Å². The summed E-state index contributed by atoms with van der Waals surface area (Å²) in [6.45, 7) is 6.62. The van der Waals surface area contributed by atoms with Crippen LogP contribution in [0.4, 0.5) is 0 Å². The van der Waals surface area contributed by atoms with Crippen molar-refractivity contribution in [3.8, 4) is 0 Å². The molecule has 0 saturated heterocycles. The van der Waals surface area contributed by atoms with Crippen LogP contribution < -0.4 is 5.73 Å². The minimum atomic E-state index is -0.501. The molecular weight excluding hydrogens is 238 g/mol. The molecule has 0 aliphatic rings. The van der Waals surface area contributed by atoms with Crippen LogP contribution in [-0.2, 0) is 21.4 Å². The minimum Gasteiger partial charge on any atom is -0.468 e. The summed E-state index contributed by atoms with van der Waals surface area (Å²) < 4.78 is 4.60. The average molecular weight is 263 g/mol. The summed E-state index contributed by atoms with van der Waals surface area (Å²) in [6, 6.07) is 8.17. The Balaban J connectivity index is 2.45.